The van der Waals surface area contributed by atoms with Gasteiger partial charge in [-0.25, -0.2) is 4.99 Å². The van der Waals surface area contributed by atoms with Gasteiger partial charge >= 0.3 is 6.18 Å². The Bertz CT molecular complexity index is 726. The Hall–Kier alpha value is -2.24. The van der Waals surface area contributed by atoms with Gasteiger partial charge in [-0.3, -0.25) is 0 Å². The quantitative estimate of drug-likeness (QED) is 0.324. The van der Waals surface area contributed by atoms with Crippen LogP contribution >= 0.6 is 0 Å². The van der Waals surface area contributed by atoms with Crippen molar-refractivity contribution in [3.8, 4) is 11.8 Å². The Balaban J connectivity index is 1.91. The molecule has 1 heterocycles. The topological polar surface area (TPSA) is 46.1 Å². The maximum Gasteiger partial charge on any atom is 0.416 e. The van der Waals surface area contributed by atoms with E-state index in [1.54, 1.807) is 13.2 Å². The van der Waals surface area contributed by atoms with Gasteiger partial charge in [0.05, 0.1) is 25.4 Å². The van der Waals surface area contributed by atoms with Gasteiger partial charge in [0.15, 0.2) is 5.96 Å². The Kier molecular flexibility index (Phi) is 9.29. The van der Waals surface area contributed by atoms with Crippen molar-refractivity contribution < 1.29 is 22.6 Å². The molecule has 160 valence electrons. The molecule has 0 aliphatic carbocycles. The van der Waals surface area contributed by atoms with Gasteiger partial charge in [-0.05, 0) is 31.5 Å². The minimum Gasteiger partial charge on any atom is -0.382 e. The van der Waals surface area contributed by atoms with E-state index in [1.165, 1.54) is 6.07 Å². The number of aliphatic imine (C=N–C) groups is 1. The Morgan fingerprint density at radius 2 is 2.17 bits per heavy atom. The van der Waals surface area contributed by atoms with Crippen LogP contribution in [0.25, 0.3) is 0 Å². The van der Waals surface area contributed by atoms with E-state index in [-0.39, 0.29) is 6.54 Å². The third-order valence-corrected chi connectivity index (χ3v) is 4.44. The number of halogens is 3. The summed E-state index contributed by atoms with van der Waals surface area (Å²) >= 11 is 0. The molecule has 1 aliphatic heterocycles. The van der Waals surface area contributed by atoms with E-state index >= 15 is 0 Å². The van der Waals surface area contributed by atoms with E-state index < -0.39 is 11.7 Å². The van der Waals surface area contributed by atoms with E-state index in [0.29, 0.717) is 31.3 Å². The van der Waals surface area contributed by atoms with Crippen LogP contribution in [0.2, 0.25) is 0 Å². The molecule has 1 saturated heterocycles. The number of nitrogens with one attached hydrogen (secondary N) is 1. The second kappa shape index (κ2) is 11.7. The largest absolute Gasteiger partial charge is 0.416 e. The molecule has 0 saturated carbocycles. The molecule has 1 N–H and O–H groups in total. The predicted octanol–water partition coefficient (Wildman–Crippen LogP) is 3.01. The number of alkyl halides is 3. The Morgan fingerprint density at radius 3 is 2.90 bits per heavy atom. The lowest BCUT2D eigenvalue weighted by Gasteiger charge is -2.21. The van der Waals surface area contributed by atoms with Crippen LogP contribution in [0.15, 0.2) is 29.3 Å². The monoisotopic (exact) mass is 411 g/mol. The van der Waals surface area contributed by atoms with Crippen LogP contribution in [0.4, 0.5) is 13.2 Å². The molecule has 0 bridgehead atoms. The first kappa shape index (κ1) is 23.0. The highest BCUT2D eigenvalue weighted by Crippen LogP contribution is 2.29. The lowest BCUT2D eigenvalue weighted by Crippen LogP contribution is -2.40. The van der Waals surface area contributed by atoms with Crippen molar-refractivity contribution in [2.45, 2.75) is 19.5 Å². The summed E-state index contributed by atoms with van der Waals surface area (Å²) in [7, 11) is 1.65. The second-order valence-corrected chi connectivity index (χ2v) is 6.72. The molecular weight excluding hydrogens is 383 g/mol. The van der Waals surface area contributed by atoms with Gasteiger partial charge in [0.25, 0.3) is 0 Å². The molecule has 1 atom stereocenters. The molecule has 8 heteroatoms. The summed E-state index contributed by atoms with van der Waals surface area (Å²) in [6.07, 6.45) is -3.35. The van der Waals surface area contributed by atoms with E-state index in [0.717, 1.165) is 44.1 Å². The van der Waals surface area contributed by atoms with Gasteiger partial charge in [0, 0.05) is 38.2 Å². The van der Waals surface area contributed by atoms with Gasteiger partial charge in [0.2, 0.25) is 0 Å². The zero-order valence-corrected chi connectivity index (χ0v) is 16.9. The summed E-state index contributed by atoms with van der Waals surface area (Å²) in [4.78, 5) is 6.67. The number of rotatable bonds is 7. The normalized spacial score (nSPS) is 17.2. The van der Waals surface area contributed by atoms with Crippen molar-refractivity contribution in [2.75, 3.05) is 53.1 Å². The van der Waals surface area contributed by atoms with Crippen LogP contribution in [-0.4, -0.2) is 64.0 Å². The van der Waals surface area contributed by atoms with Crippen molar-refractivity contribution in [2.24, 2.45) is 10.9 Å². The van der Waals surface area contributed by atoms with Crippen LogP contribution in [0.5, 0.6) is 0 Å². The molecule has 1 unspecified atom stereocenters. The average molecular weight is 411 g/mol. The fourth-order valence-electron chi connectivity index (χ4n) is 3.01. The standard InChI is InChI=1S/C21H28F3N3O2/c1-3-25-20(27-11-9-18(15-27)16-29-13-12-28-2)26-10-5-7-17-6-4-8-19(14-17)21(22,23)24/h4,6,8,14,18H,3,9-13,15-16H2,1-2H3,(H,25,26). The van der Waals surface area contributed by atoms with Crippen molar-refractivity contribution >= 4 is 5.96 Å². The zero-order chi connectivity index (χ0) is 21.1. The molecule has 0 radical (unpaired) electrons. The molecule has 0 spiro atoms. The van der Waals surface area contributed by atoms with E-state index in [2.05, 4.69) is 27.0 Å². The number of methoxy groups -OCH3 is 1. The summed E-state index contributed by atoms with van der Waals surface area (Å²) < 4.78 is 48.9. The van der Waals surface area contributed by atoms with Gasteiger partial charge in [0.1, 0.15) is 6.54 Å². The zero-order valence-electron chi connectivity index (χ0n) is 16.9. The number of benzene rings is 1. The van der Waals surface area contributed by atoms with Crippen LogP contribution in [0.3, 0.4) is 0 Å². The lowest BCUT2D eigenvalue weighted by molar-refractivity contribution is -0.137. The second-order valence-electron chi connectivity index (χ2n) is 6.72. The third kappa shape index (κ3) is 7.95. The first-order chi connectivity index (χ1) is 13.9. The molecule has 1 aromatic carbocycles. The Morgan fingerprint density at radius 1 is 1.34 bits per heavy atom. The molecule has 29 heavy (non-hydrogen) atoms. The lowest BCUT2D eigenvalue weighted by atomic mass is 10.1. The highest BCUT2D eigenvalue weighted by atomic mass is 19.4. The van der Waals surface area contributed by atoms with Crippen molar-refractivity contribution in [1.29, 1.82) is 0 Å². The van der Waals surface area contributed by atoms with E-state index in [4.69, 9.17) is 9.47 Å². The third-order valence-electron chi connectivity index (χ3n) is 4.44. The molecule has 0 aromatic heterocycles. The van der Waals surface area contributed by atoms with Crippen molar-refractivity contribution in [3.05, 3.63) is 35.4 Å². The highest BCUT2D eigenvalue weighted by molar-refractivity contribution is 5.80. The summed E-state index contributed by atoms with van der Waals surface area (Å²) in [6.45, 7) is 6.53. The average Bonchev–Trinajstić information content (AvgIpc) is 3.16. The van der Waals surface area contributed by atoms with E-state index in [1.807, 2.05) is 6.92 Å². The molecule has 0 amide bonds. The molecule has 1 aromatic rings. The number of ether oxygens (including phenoxy) is 2. The Labute approximate surface area is 170 Å². The first-order valence-electron chi connectivity index (χ1n) is 9.70. The SMILES string of the molecule is CCNC(=NCC#Cc1cccc(C(F)(F)F)c1)N1CCC(COCCOC)C1. The summed E-state index contributed by atoms with van der Waals surface area (Å²) in [5.41, 5.74) is -0.369. The first-order valence-corrected chi connectivity index (χ1v) is 9.70. The summed E-state index contributed by atoms with van der Waals surface area (Å²) in [5.74, 6) is 6.81. The number of likely N-dealkylation sites (tertiary alicyclic amines) is 1. The van der Waals surface area contributed by atoms with Crippen LogP contribution in [0, 0.1) is 17.8 Å². The smallest absolute Gasteiger partial charge is 0.382 e. The minimum atomic E-state index is -4.37. The minimum absolute atomic E-state index is 0.212. The fraction of sp³-hybridized carbons (Fsp3) is 0.571. The predicted molar refractivity (Wildman–Crippen MR) is 107 cm³/mol. The van der Waals surface area contributed by atoms with Gasteiger partial charge in [-0.2, -0.15) is 13.2 Å². The molecular formula is C21H28F3N3O2. The van der Waals surface area contributed by atoms with Crippen molar-refractivity contribution in [1.82, 2.24) is 10.2 Å². The summed E-state index contributed by atoms with van der Waals surface area (Å²) in [5, 5.41) is 3.25. The highest BCUT2D eigenvalue weighted by Gasteiger charge is 2.30. The van der Waals surface area contributed by atoms with E-state index in [9.17, 15) is 13.2 Å². The van der Waals surface area contributed by atoms with Gasteiger partial charge < -0.3 is 19.7 Å². The van der Waals surface area contributed by atoms with Gasteiger partial charge in [-0.15, -0.1) is 0 Å². The van der Waals surface area contributed by atoms with Crippen LogP contribution in [0.1, 0.15) is 24.5 Å². The number of guanidine groups is 1. The van der Waals surface area contributed by atoms with Gasteiger partial charge in [-0.1, -0.05) is 17.9 Å². The fourth-order valence-corrected chi connectivity index (χ4v) is 3.01. The maximum absolute atomic E-state index is 12.8. The number of hydrogen-bond acceptors (Lipinski definition) is 3. The number of hydrogen-bond donors (Lipinski definition) is 1. The molecule has 5 nitrogen and oxygen atoms in total. The van der Waals surface area contributed by atoms with Crippen LogP contribution < -0.4 is 5.32 Å². The number of nitrogens with zero attached hydrogens (tertiary/aromatic N) is 2. The molecule has 1 fully saturated rings. The molecule has 2 rings (SSSR count). The maximum atomic E-state index is 12.8. The molecule has 1 aliphatic rings. The van der Waals surface area contributed by atoms with Crippen LogP contribution in [-0.2, 0) is 15.7 Å². The summed E-state index contributed by atoms with van der Waals surface area (Å²) in [6, 6.07) is 5.01. The van der Waals surface area contributed by atoms with Crippen molar-refractivity contribution in [3.63, 3.8) is 0 Å².